The highest BCUT2D eigenvalue weighted by atomic mass is 19.4. The van der Waals surface area contributed by atoms with Crippen molar-refractivity contribution in [3.63, 3.8) is 0 Å². The van der Waals surface area contributed by atoms with Gasteiger partial charge >= 0.3 is 6.36 Å². The van der Waals surface area contributed by atoms with Crippen molar-refractivity contribution < 1.29 is 27.8 Å². The second kappa shape index (κ2) is 10.4. The molecule has 1 heterocycles. The number of hydrogen-bond acceptors (Lipinski definition) is 3. The SMILES string of the molecule is Cc1c(C(=O)N[C@H]2CCCC[C@@H]2O)cc(-c2ccccc2OC(F)(F)F)n1CC1CCCCC1. The van der Waals surface area contributed by atoms with Crippen LogP contribution in [0.25, 0.3) is 11.3 Å². The van der Waals surface area contributed by atoms with Crippen LogP contribution in [0.4, 0.5) is 13.2 Å². The zero-order valence-corrected chi connectivity index (χ0v) is 19.5. The van der Waals surface area contributed by atoms with Gasteiger partial charge in [-0.05, 0) is 56.7 Å². The summed E-state index contributed by atoms with van der Waals surface area (Å²) in [5, 5.41) is 13.3. The van der Waals surface area contributed by atoms with Gasteiger partial charge in [-0.15, -0.1) is 13.2 Å². The van der Waals surface area contributed by atoms with Gasteiger partial charge in [0, 0.05) is 17.8 Å². The molecular weight excluding hydrogens is 445 g/mol. The molecule has 8 heteroatoms. The van der Waals surface area contributed by atoms with Crippen LogP contribution in [-0.4, -0.2) is 34.1 Å². The summed E-state index contributed by atoms with van der Waals surface area (Å²) in [6.07, 6.45) is 3.45. The maximum absolute atomic E-state index is 13.2. The molecule has 1 amide bonds. The second-order valence-corrected chi connectivity index (χ2v) is 9.62. The molecule has 2 aliphatic rings. The first-order valence-electron chi connectivity index (χ1n) is 12.3. The number of para-hydroxylation sites is 1. The number of halogens is 3. The average molecular weight is 479 g/mol. The van der Waals surface area contributed by atoms with Crippen molar-refractivity contribution >= 4 is 5.91 Å². The van der Waals surface area contributed by atoms with Gasteiger partial charge in [0.15, 0.2) is 0 Å². The van der Waals surface area contributed by atoms with Gasteiger partial charge in [-0.3, -0.25) is 4.79 Å². The highest BCUT2D eigenvalue weighted by molar-refractivity contribution is 5.97. The standard InChI is InChI=1S/C26H33F3N2O3/c1-17-20(25(33)30-21-12-6-7-13-23(21)32)15-22(31(17)16-18-9-3-2-4-10-18)19-11-5-8-14-24(19)34-26(27,28)29/h5,8,11,14-15,18,21,23,32H,2-4,6-7,9-10,12-13,16H2,1H3,(H,30,33)/t21-,23-/m0/s1. The molecule has 2 saturated carbocycles. The van der Waals surface area contributed by atoms with E-state index >= 15 is 0 Å². The number of nitrogens with one attached hydrogen (secondary N) is 1. The summed E-state index contributed by atoms with van der Waals surface area (Å²) < 4.78 is 45.6. The van der Waals surface area contributed by atoms with Crippen LogP contribution >= 0.6 is 0 Å². The molecule has 0 bridgehead atoms. The smallest absolute Gasteiger partial charge is 0.405 e. The lowest BCUT2D eigenvalue weighted by Crippen LogP contribution is -2.45. The lowest BCUT2D eigenvalue weighted by Gasteiger charge is -2.28. The van der Waals surface area contributed by atoms with Crippen LogP contribution in [0.1, 0.15) is 73.8 Å². The van der Waals surface area contributed by atoms with Crippen LogP contribution in [0.15, 0.2) is 30.3 Å². The fourth-order valence-electron chi connectivity index (χ4n) is 5.38. The number of amides is 1. The number of aliphatic hydroxyl groups excluding tert-OH is 1. The highest BCUT2D eigenvalue weighted by Crippen LogP contribution is 2.37. The molecule has 1 aromatic carbocycles. The van der Waals surface area contributed by atoms with E-state index in [9.17, 15) is 23.1 Å². The van der Waals surface area contributed by atoms with Gasteiger partial charge in [-0.2, -0.15) is 0 Å². The second-order valence-electron chi connectivity index (χ2n) is 9.62. The summed E-state index contributed by atoms with van der Waals surface area (Å²) in [7, 11) is 0. The van der Waals surface area contributed by atoms with Crippen molar-refractivity contribution in [2.24, 2.45) is 5.92 Å². The number of ether oxygens (including phenoxy) is 1. The average Bonchev–Trinajstić information content (AvgIpc) is 3.11. The Morgan fingerprint density at radius 1 is 1.09 bits per heavy atom. The van der Waals surface area contributed by atoms with E-state index in [2.05, 4.69) is 10.1 Å². The molecule has 0 radical (unpaired) electrons. The Morgan fingerprint density at radius 2 is 1.76 bits per heavy atom. The lowest BCUT2D eigenvalue weighted by atomic mass is 9.89. The van der Waals surface area contributed by atoms with E-state index in [0.717, 1.165) is 38.5 Å². The number of alkyl halides is 3. The van der Waals surface area contributed by atoms with Crippen molar-refractivity contribution in [2.75, 3.05) is 0 Å². The van der Waals surface area contributed by atoms with E-state index in [1.807, 2.05) is 11.5 Å². The Balaban J connectivity index is 1.71. The summed E-state index contributed by atoms with van der Waals surface area (Å²) in [5.41, 5.74) is 1.98. The predicted molar refractivity (Wildman–Crippen MR) is 124 cm³/mol. The van der Waals surface area contributed by atoms with Crippen molar-refractivity contribution in [1.29, 1.82) is 0 Å². The largest absolute Gasteiger partial charge is 0.573 e. The molecule has 2 aromatic rings. The first kappa shape index (κ1) is 24.6. The Hall–Kier alpha value is -2.48. The molecule has 0 aliphatic heterocycles. The van der Waals surface area contributed by atoms with Crippen molar-refractivity contribution in [1.82, 2.24) is 9.88 Å². The van der Waals surface area contributed by atoms with Gasteiger partial charge in [0.25, 0.3) is 5.91 Å². The molecule has 2 fully saturated rings. The number of benzene rings is 1. The zero-order chi connectivity index (χ0) is 24.3. The van der Waals surface area contributed by atoms with Crippen LogP contribution in [0.5, 0.6) is 5.75 Å². The predicted octanol–water partition coefficient (Wildman–Crippen LogP) is 5.98. The van der Waals surface area contributed by atoms with Gasteiger partial charge in [0.2, 0.25) is 0 Å². The number of carbonyl (C=O) groups is 1. The summed E-state index contributed by atoms with van der Waals surface area (Å²) in [5.74, 6) is -0.182. The first-order valence-corrected chi connectivity index (χ1v) is 12.3. The number of aromatic nitrogens is 1. The van der Waals surface area contributed by atoms with Gasteiger partial charge in [-0.1, -0.05) is 44.2 Å². The van der Waals surface area contributed by atoms with Gasteiger partial charge < -0.3 is 19.7 Å². The third-order valence-electron chi connectivity index (χ3n) is 7.21. The summed E-state index contributed by atoms with van der Waals surface area (Å²) in [6, 6.07) is 7.43. The molecule has 186 valence electrons. The quantitative estimate of drug-likeness (QED) is 0.537. The molecule has 2 aliphatic carbocycles. The monoisotopic (exact) mass is 478 g/mol. The maximum atomic E-state index is 13.2. The third kappa shape index (κ3) is 5.77. The fraction of sp³-hybridized carbons (Fsp3) is 0.577. The number of hydrogen-bond donors (Lipinski definition) is 2. The molecule has 0 saturated heterocycles. The van der Waals surface area contributed by atoms with E-state index in [4.69, 9.17) is 0 Å². The molecular formula is C26H33F3N2O3. The number of carbonyl (C=O) groups excluding carboxylic acids is 1. The number of nitrogens with zero attached hydrogens (tertiary/aromatic N) is 1. The number of aliphatic hydroxyl groups is 1. The van der Waals surface area contributed by atoms with E-state index in [0.29, 0.717) is 47.8 Å². The molecule has 5 nitrogen and oxygen atoms in total. The van der Waals surface area contributed by atoms with Gasteiger partial charge in [-0.25, -0.2) is 0 Å². The molecule has 0 unspecified atom stereocenters. The van der Waals surface area contributed by atoms with E-state index in [1.165, 1.54) is 18.6 Å². The van der Waals surface area contributed by atoms with Crippen LogP contribution in [0, 0.1) is 12.8 Å². The minimum atomic E-state index is -4.82. The molecule has 2 N–H and O–H groups in total. The summed E-state index contributed by atoms with van der Waals surface area (Å²) in [4.78, 5) is 13.2. The summed E-state index contributed by atoms with van der Waals surface area (Å²) in [6.45, 7) is 2.48. The van der Waals surface area contributed by atoms with E-state index in [1.54, 1.807) is 18.2 Å². The van der Waals surface area contributed by atoms with Crippen molar-refractivity contribution in [3.05, 3.63) is 41.6 Å². The zero-order valence-electron chi connectivity index (χ0n) is 19.5. The molecule has 4 rings (SSSR count). The Bertz CT molecular complexity index is 996. The molecule has 2 atom stereocenters. The maximum Gasteiger partial charge on any atom is 0.573 e. The Morgan fingerprint density at radius 3 is 2.47 bits per heavy atom. The van der Waals surface area contributed by atoms with Crippen LogP contribution in [-0.2, 0) is 6.54 Å². The fourth-order valence-corrected chi connectivity index (χ4v) is 5.38. The van der Waals surface area contributed by atoms with Gasteiger partial charge in [0.05, 0.1) is 23.4 Å². The van der Waals surface area contributed by atoms with E-state index < -0.39 is 12.5 Å². The minimum Gasteiger partial charge on any atom is -0.405 e. The third-order valence-corrected chi connectivity index (χ3v) is 7.21. The lowest BCUT2D eigenvalue weighted by molar-refractivity contribution is -0.274. The molecule has 1 aromatic heterocycles. The highest BCUT2D eigenvalue weighted by Gasteiger charge is 2.33. The van der Waals surface area contributed by atoms with E-state index in [-0.39, 0.29) is 17.7 Å². The Kier molecular flexibility index (Phi) is 7.55. The summed E-state index contributed by atoms with van der Waals surface area (Å²) >= 11 is 0. The van der Waals surface area contributed by atoms with Crippen LogP contribution < -0.4 is 10.1 Å². The van der Waals surface area contributed by atoms with Crippen molar-refractivity contribution in [2.45, 2.75) is 89.8 Å². The first-order chi connectivity index (χ1) is 16.2. The minimum absolute atomic E-state index is 0.285. The topological polar surface area (TPSA) is 63.5 Å². The van der Waals surface area contributed by atoms with Crippen LogP contribution in [0.2, 0.25) is 0 Å². The Labute approximate surface area is 198 Å². The van der Waals surface area contributed by atoms with Crippen molar-refractivity contribution in [3.8, 4) is 17.0 Å². The van der Waals surface area contributed by atoms with Crippen LogP contribution in [0.3, 0.4) is 0 Å². The van der Waals surface area contributed by atoms with Gasteiger partial charge in [0.1, 0.15) is 5.75 Å². The molecule has 34 heavy (non-hydrogen) atoms. The normalized spacial score (nSPS) is 21.9. The number of rotatable bonds is 6. The molecule has 0 spiro atoms.